The number of carbonyl (C=O) groups is 1. The van der Waals surface area contributed by atoms with Crippen LogP contribution in [0.1, 0.15) is 33.6 Å². The molecule has 0 spiro atoms. The number of amides is 1. The highest BCUT2D eigenvalue weighted by Gasteiger charge is 2.16. The molecule has 0 aromatic rings. The van der Waals surface area contributed by atoms with Crippen LogP contribution in [-0.2, 0) is 4.79 Å². The van der Waals surface area contributed by atoms with E-state index >= 15 is 0 Å². The number of carbonyl (C=O) groups excluding carboxylic acids is 1. The highest BCUT2D eigenvalue weighted by Crippen LogP contribution is 2.03. The second-order valence-corrected chi connectivity index (χ2v) is 3.86. The van der Waals surface area contributed by atoms with Crippen LogP contribution < -0.4 is 5.73 Å². The Labute approximate surface area is 85.3 Å². The van der Waals surface area contributed by atoms with Gasteiger partial charge in [0.15, 0.2) is 0 Å². The first kappa shape index (κ1) is 12.4. The number of nitrogens with two attached hydrogens (primary N) is 1. The average molecular weight is 202 g/mol. The average Bonchev–Trinajstić information content (AvgIpc) is 1.99. The molecule has 3 nitrogen and oxygen atoms in total. The molecule has 0 aliphatic heterocycles. The van der Waals surface area contributed by atoms with Gasteiger partial charge in [-0.05, 0) is 20.3 Å². The van der Waals surface area contributed by atoms with E-state index in [-0.39, 0.29) is 11.9 Å². The maximum atomic E-state index is 11.5. The quantitative estimate of drug-likeness (QED) is 0.684. The first-order valence-corrected chi connectivity index (χ1v) is 4.97. The lowest BCUT2D eigenvalue weighted by Crippen LogP contribution is -2.42. The predicted molar refractivity (Wildman–Crippen MR) is 58.5 cm³/mol. The Morgan fingerprint density at radius 1 is 1.54 bits per heavy atom. The number of thiocarbonyl (C=S) groups is 1. The molecule has 0 aliphatic rings. The van der Waals surface area contributed by atoms with Crippen LogP contribution in [0.5, 0.6) is 0 Å². The van der Waals surface area contributed by atoms with Crippen LogP contribution in [-0.4, -0.2) is 28.4 Å². The minimum atomic E-state index is 0.130. The van der Waals surface area contributed by atoms with E-state index in [1.807, 2.05) is 20.8 Å². The summed E-state index contributed by atoms with van der Waals surface area (Å²) in [5.74, 6) is 0.130. The summed E-state index contributed by atoms with van der Waals surface area (Å²) in [6, 6.07) is 0.167. The SMILES string of the molecule is CCCC(=O)N(CC(N)=S)C(C)C. The number of rotatable bonds is 5. The summed E-state index contributed by atoms with van der Waals surface area (Å²) in [6.07, 6.45) is 1.43. The minimum absolute atomic E-state index is 0.130. The van der Waals surface area contributed by atoms with E-state index in [1.54, 1.807) is 4.90 Å². The molecule has 2 N–H and O–H groups in total. The molecule has 0 saturated carbocycles. The molecule has 4 heteroatoms. The van der Waals surface area contributed by atoms with Gasteiger partial charge in [0.05, 0.1) is 11.5 Å². The van der Waals surface area contributed by atoms with Gasteiger partial charge in [0.2, 0.25) is 5.91 Å². The van der Waals surface area contributed by atoms with Gasteiger partial charge < -0.3 is 10.6 Å². The summed E-state index contributed by atoms with van der Waals surface area (Å²) >= 11 is 4.78. The van der Waals surface area contributed by atoms with Gasteiger partial charge in [-0.3, -0.25) is 4.79 Å². The molecule has 1 amide bonds. The molecule has 13 heavy (non-hydrogen) atoms. The molecule has 0 bridgehead atoms. The number of hydrogen-bond acceptors (Lipinski definition) is 2. The molecule has 0 fully saturated rings. The second-order valence-electron chi connectivity index (χ2n) is 3.33. The monoisotopic (exact) mass is 202 g/mol. The van der Waals surface area contributed by atoms with Crippen LogP contribution in [0.4, 0.5) is 0 Å². The van der Waals surface area contributed by atoms with E-state index < -0.39 is 0 Å². The van der Waals surface area contributed by atoms with Gasteiger partial charge in [-0.2, -0.15) is 0 Å². The molecule has 0 aliphatic carbocycles. The Balaban J connectivity index is 4.24. The standard InChI is InChI=1S/C9H18N2OS/c1-4-5-9(12)11(7(2)3)6-8(10)13/h7H,4-6H2,1-3H3,(H2,10,13). The zero-order valence-electron chi connectivity index (χ0n) is 8.54. The van der Waals surface area contributed by atoms with Crippen molar-refractivity contribution in [3.63, 3.8) is 0 Å². The third-order valence-electron chi connectivity index (χ3n) is 1.73. The van der Waals surface area contributed by atoms with Gasteiger partial charge in [-0.15, -0.1) is 0 Å². The Hall–Kier alpha value is -0.640. The van der Waals surface area contributed by atoms with Crippen LogP contribution in [0, 0.1) is 0 Å². The van der Waals surface area contributed by atoms with Gasteiger partial charge in [-0.1, -0.05) is 19.1 Å². The summed E-state index contributed by atoms with van der Waals surface area (Å²) in [5.41, 5.74) is 5.40. The van der Waals surface area contributed by atoms with E-state index in [2.05, 4.69) is 0 Å². The number of hydrogen-bond donors (Lipinski definition) is 1. The summed E-state index contributed by atoms with van der Waals surface area (Å²) in [6.45, 7) is 6.31. The van der Waals surface area contributed by atoms with E-state index in [1.165, 1.54) is 0 Å². The van der Waals surface area contributed by atoms with E-state index in [0.29, 0.717) is 18.0 Å². The minimum Gasteiger partial charge on any atom is -0.392 e. The Bertz CT molecular complexity index is 192. The van der Waals surface area contributed by atoms with Gasteiger partial charge in [0.25, 0.3) is 0 Å². The van der Waals surface area contributed by atoms with Gasteiger partial charge in [0, 0.05) is 12.5 Å². The van der Waals surface area contributed by atoms with E-state index in [0.717, 1.165) is 6.42 Å². The fourth-order valence-corrected chi connectivity index (χ4v) is 1.22. The van der Waals surface area contributed by atoms with Crippen molar-refractivity contribution in [3.05, 3.63) is 0 Å². The van der Waals surface area contributed by atoms with Crippen LogP contribution >= 0.6 is 12.2 Å². The van der Waals surface area contributed by atoms with Crippen molar-refractivity contribution in [2.24, 2.45) is 5.73 Å². The maximum absolute atomic E-state index is 11.5. The summed E-state index contributed by atoms with van der Waals surface area (Å²) in [5, 5.41) is 0. The molecule has 0 aromatic heterocycles. The molecule has 0 aromatic carbocycles. The molecular formula is C9H18N2OS. The molecule has 76 valence electrons. The number of nitrogens with zero attached hydrogens (tertiary/aromatic N) is 1. The predicted octanol–water partition coefficient (Wildman–Crippen LogP) is 1.31. The summed E-state index contributed by atoms with van der Waals surface area (Å²) in [7, 11) is 0. The third kappa shape index (κ3) is 4.83. The van der Waals surface area contributed by atoms with E-state index in [4.69, 9.17) is 18.0 Å². The summed E-state index contributed by atoms with van der Waals surface area (Å²) in [4.78, 5) is 13.6. The lowest BCUT2D eigenvalue weighted by Gasteiger charge is -2.26. The first-order chi connectivity index (χ1) is 5.99. The zero-order chi connectivity index (χ0) is 10.4. The Kier molecular flexibility index (Phi) is 5.62. The smallest absolute Gasteiger partial charge is 0.223 e. The Morgan fingerprint density at radius 3 is 2.38 bits per heavy atom. The fraction of sp³-hybridized carbons (Fsp3) is 0.778. The lowest BCUT2D eigenvalue weighted by molar-refractivity contribution is -0.132. The molecule has 0 saturated heterocycles. The highest BCUT2D eigenvalue weighted by atomic mass is 32.1. The van der Waals surface area contributed by atoms with Crippen molar-refractivity contribution < 1.29 is 4.79 Å². The van der Waals surface area contributed by atoms with E-state index in [9.17, 15) is 4.79 Å². The first-order valence-electron chi connectivity index (χ1n) is 4.56. The molecule has 0 radical (unpaired) electrons. The molecule has 0 heterocycles. The van der Waals surface area contributed by atoms with Gasteiger partial charge in [-0.25, -0.2) is 0 Å². The zero-order valence-corrected chi connectivity index (χ0v) is 9.36. The van der Waals surface area contributed by atoms with Crippen LogP contribution in [0.15, 0.2) is 0 Å². The van der Waals surface area contributed by atoms with Crippen LogP contribution in [0.3, 0.4) is 0 Å². The second kappa shape index (κ2) is 5.91. The van der Waals surface area contributed by atoms with Crippen LogP contribution in [0.25, 0.3) is 0 Å². The normalized spacial score (nSPS) is 10.2. The highest BCUT2D eigenvalue weighted by molar-refractivity contribution is 7.80. The van der Waals surface area contributed by atoms with Crippen molar-refractivity contribution in [1.29, 1.82) is 0 Å². The topological polar surface area (TPSA) is 46.3 Å². The molecular weight excluding hydrogens is 184 g/mol. The van der Waals surface area contributed by atoms with Crippen molar-refractivity contribution in [2.75, 3.05) is 6.54 Å². The third-order valence-corrected chi connectivity index (χ3v) is 1.86. The van der Waals surface area contributed by atoms with Crippen molar-refractivity contribution in [1.82, 2.24) is 4.90 Å². The fourth-order valence-electron chi connectivity index (χ4n) is 1.08. The lowest BCUT2D eigenvalue weighted by atomic mass is 10.2. The van der Waals surface area contributed by atoms with Crippen molar-refractivity contribution in [3.8, 4) is 0 Å². The Morgan fingerprint density at radius 2 is 2.08 bits per heavy atom. The van der Waals surface area contributed by atoms with Crippen molar-refractivity contribution in [2.45, 2.75) is 39.7 Å². The molecule has 0 atom stereocenters. The molecule has 0 unspecified atom stereocenters. The van der Waals surface area contributed by atoms with Crippen LogP contribution in [0.2, 0.25) is 0 Å². The van der Waals surface area contributed by atoms with Gasteiger partial charge >= 0.3 is 0 Å². The van der Waals surface area contributed by atoms with Crippen molar-refractivity contribution >= 4 is 23.1 Å². The molecule has 0 rings (SSSR count). The van der Waals surface area contributed by atoms with Gasteiger partial charge in [0.1, 0.15) is 0 Å². The largest absolute Gasteiger partial charge is 0.392 e. The summed E-state index contributed by atoms with van der Waals surface area (Å²) < 4.78 is 0. The maximum Gasteiger partial charge on any atom is 0.223 e.